The summed E-state index contributed by atoms with van der Waals surface area (Å²) in [5.74, 6) is -0.607. The molecule has 0 aromatic carbocycles. The maximum atomic E-state index is 11.6. The number of carbonyl (C=O) groups is 1. The maximum Gasteiger partial charge on any atom is 0.306 e. The van der Waals surface area contributed by atoms with E-state index in [1.165, 1.54) is 0 Å². The molecule has 0 spiro atoms. The fraction of sp³-hybridized carbons (Fsp3) is 0.917. The lowest BCUT2D eigenvalue weighted by molar-refractivity contribution is -0.142. The average Bonchev–Trinajstić information content (AvgIpc) is 2.23. The first-order valence-electron chi connectivity index (χ1n) is 6.43. The zero-order valence-electron chi connectivity index (χ0n) is 12.1. The number of sulfonamides is 1. The van der Waals surface area contributed by atoms with Gasteiger partial charge < -0.3 is 9.84 Å². The van der Waals surface area contributed by atoms with E-state index in [2.05, 4.69) is 9.46 Å². The van der Waals surface area contributed by atoms with Crippen LogP contribution in [-0.4, -0.2) is 44.0 Å². The zero-order valence-corrected chi connectivity index (χ0v) is 12.9. The quantitative estimate of drug-likeness (QED) is 0.609. The van der Waals surface area contributed by atoms with Crippen LogP contribution in [0.3, 0.4) is 0 Å². The Morgan fingerprint density at radius 3 is 2.47 bits per heavy atom. The maximum absolute atomic E-state index is 11.6. The topological polar surface area (TPSA) is 92.7 Å². The van der Waals surface area contributed by atoms with E-state index in [0.717, 1.165) is 0 Å². The molecule has 0 aliphatic carbocycles. The van der Waals surface area contributed by atoms with Gasteiger partial charge >= 0.3 is 5.97 Å². The minimum absolute atomic E-state index is 0.0592. The minimum atomic E-state index is -3.57. The molecule has 114 valence electrons. The number of hydrogen-bond acceptors (Lipinski definition) is 5. The largest absolute Gasteiger partial charge is 0.466 e. The highest BCUT2D eigenvalue weighted by Crippen LogP contribution is 2.15. The van der Waals surface area contributed by atoms with Gasteiger partial charge in [0.15, 0.2) is 0 Å². The van der Waals surface area contributed by atoms with Crippen molar-refractivity contribution in [1.82, 2.24) is 4.72 Å². The number of hydrogen-bond donors (Lipinski definition) is 2. The van der Waals surface area contributed by atoms with Crippen LogP contribution < -0.4 is 4.72 Å². The van der Waals surface area contributed by atoms with Crippen LogP contribution in [0.5, 0.6) is 0 Å². The van der Waals surface area contributed by atoms with Crippen LogP contribution in [0.2, 0.25) is 0 Å². The summed E-state index contributed by atoms with van der Waals surface area (Å²) in [4.78, 5) is 11.1. The Kier molecular flexibility index (Phi) is 7.54. The summed E-state index contributed by atoms with van der Waals surface area (Å²) in [6.45, 7) is 7.31. The van der Waals surface area contributed by atoms with Gasteiger partial charge in [-0.05, 0) is 26.2 Å². The van der Waals surface area contributed by atoms with E-state index >= 15 is 0 Å². The van der Waals surface area contributed by atoms with E-state index in [1.54, 1.807) is 13.8 Å². The van der Waals surface area contributed by atoms with Gasteiger partial charge in [0.05, 0.1) is 24.4 Å². The molecule has 0 aromatic rings. The van der Waals surface area contributed by atoms with Gasteiger partial charge in [0.1, 0.15) is 0 Å². The van der Waals surface area contributed by atoms with E-state index in [9.17, 15) is 18.3 Å². The van der Waals surface area contributed by atoms with Crippen molar-refractivity contribution in [3.05, 3.63) is 0 Å². The Hall–Kier alpha value is -0.660. The Morgan fingerprint density at radius 2 is 2.00 bits per heavy atom. The third kappa shape index (κ3) is 9.86. The van der Waals surface area contributed by atoms with Crippen LogP contribution in [0.25, 0.3) is 0 Å². The predicted octanol–water partition coefficient (Wildman–Crippen LogP) is 0.656. The fourth-order valence-corrected chi connectivity index (χ4v) is 2.85. The summed E-state index contributed by atoms with van der Waals surface area (Å²) >= 11 is 0. The molecule has 0 aliphatic heterocycles. The van der Waals surface area contributed by atoms with E-state index in [1.807, 2.05) is 13.8 Å². The molecule has 7 heteroatoms. The van der Waals surface area contributed by atoms with Crippen molar-refractivity contribution in [1.29, 1.82) is 0 Å². The smallest absolute Gasteiger partial charge is 0.306 e. The highest BCUT2D eigenvalue weighted by Gasteiger charge is 2.24. The Morgan fingerprint density at radius 1 is 1.42 bits per heavy atom. The van der Waals surface area contributed by atoms with E-state index in [0.29, 0.717) is 6.42 Å². The van der Waals surface area contributed by atoms with Crippen molar-refractivity contribution < 1.29 is 23.1 Å². The van der Waals surface area contributed by atoms with Crippen molar-refractivity contribution in [3.8, 4) is 0 Å². The number of carbonyl (C=O) groups excluding carboxylic acids is 1. The molecule has 0 rings (SSSR count). The van der Waals surface area contributed by atoms with Crippen LogP contribution in [0.15, 0.2) is 0 Å². The van der Waals surface area contributed by atoms with Crippen LogP contribution in [-0.2, 0) is 19.6 Å². The Labute approximate surface area is 115 Å². The van der Waals surface area contributed by atoms with Crippen molar-refractivity contribution in [3.63, 3.8) is 0 Å². The first kappa shape index (κ1) is 18.3. The predicted molar refractivity (Wildman–Crippen MR) is 73.1 cm³/mol. The number of esters is 1. The Balaban J connectivity index is 4.20. The van der Waals surface area contributed by atoms with Gasteiger partial charge in [-0.25, -0.2) is 13.1 Å². The van der Waals surface area contributed by atoms with Crippen molar-refractivity contribution in [2.24, 2.45) is 5.92 Å². The second kappa shape index (κ2) is 7.81. The molecule has 0 heterocycles. The van der Waals surface area contributed by atoms with Crippen LogP contribution in [0.4, 0.5) is 0 Å². The molecule has 0 fully saturated rings. The molecule has 0 aliphatic rings. The molecule has 2 N–H and O–H groups in total. The molecular weight excluding hydrogens is 270 g/mol. The monoisotopic (exact) mass is 295 g/mol. The third-order valence-electron chi connectivity index (χ3n) is 2.40. The second-order valence-electron chi connectivity index (χ2n) is 5.29. The van der Waals surface area contributed by atoms with Gasteiger partial charge in [0.2, 0.25) is 10.0 Å². The number of ether oxygens (including phenoxy) is 1. The number of aliphatic hydroxyl groups is 1. The molecule has 6 nitrogen and oxygen atoms in total. The standard InChI is InChI=1S/C12H25NO5S/c1-5-18-11(14)6-7-19(16,17)13-9-12(4,15)8-10(2)3/h10,13,15H,5-9H2,1-4H3. The van der Waals surface area contributed by atoms with Crippen molar-refractivity contribution >= 4 is 16.0 Å². The molecular formula is C12H25NO5S. The lowest BCUT2D eigenvalue weighted by atomic mass is 9.95. The van der Waals surface area contributed by atoms with Crippen LogP contribution in [0.1, 0.15) is 40.5 Å². The van der Waals surface area contributed by atoms with Gasteiger partial charge in [0.25, 0.3) is 0 Å². The summed E-state index contributed by atoms with van der Waals surface area (Å²) in [7, 11) is -3.57. The molecule has 0 bridgehead atoms. The first-order chi connectivity index (χ1) is 8.58. The van der Waals surface area contributed by atoms with Gasteiger partial charge in [0, 0.05) is 6.54 Å². The lowest BCUT2D eigenvalue weighted by Gasteiger charge is -2.25. The van der Waals surface area contributed by atoms with Gasteiger partial charge in [-0.2, -0.15) is 0 Å². The number of rotatable bonds is 9. The average molecular weight is 295 g/mol. The summed E-state index contributed by atoms with van der Waals surface area (Å²) in [6.07, 6.45) is 0.308. The van der Waals surface area contributed by atoms with E-state index in [4.69, 9.17) is 0 Å². The highest BCUT2D eigenvalue weighted by atomic mass is 32.2. The minimum Gasteiger partial charge on any atom is -0.466 e. The molecule has 1 atom stereocenters. The Bertz CT molecular complexity index is 376. The van der Waals surface area contributed by atoms with Gasteiger partial charge in [-0.15, -0.1) is 0 Å². The second-order valence-corrected chi connectivity index (χ2v) is 7.22. The van der Waals surface area contributed by atoms with Crippen LogP contribution in [0, 0.1) is 5.92 Å². The van der Waals surface area contributed by atoms with Gasteiger partial charge in [-0.3, -0.25) is 4.79 Å². The summed E-state index contributed by atoms with van der Waals surface area (Å²) in [5.41, 5.74) is -1.09. The first-order valence-corrected chi connectivity index (χ1v) is 8.08. The SMILES string of the molecule is CCOC(=O)CCS(=O)(=O)NCC(C)(O)CC(C)C. The van der Waals surface area contributed by atoms with E-state index < -0.39 is 21.6 Å². The fourth-order valence-electron chi connectivity index (χ4n) is 1.74. The van der Waals surface area contributed by atoms with E-state index in [-0.39, 0.29) is 31.2 Å². The third-order valence-corrected chi connectivity index (χ3v) is 3.73. The zero-order chi connectivity index (χ0) is 15.1. The summed E-state index contributed by atoms with van der Waals surface area (Å²) in [6, 6.07) is 0. The number of nitrogens with one attached hydrogen (secondary N) is 1. The van der Waals surface area contributed by atoms with Crippen molar-refractivity contribution in [2.75, 3.05) is 18.9 Å². The molecule has 0 radical (unpaired) electrons. The molecule has 0 saturated carbocycles. The van der Waals surface area contributed by atoms with Crippen LogP contribution >= 0.6 is 0 Å². The highest BCUT2D eigenvalue weighted by molar-refractivity contribution is 7.89. The molecule has 19 heavy (non-hydrogen) atoms. The molecule has 1 unspecified atom stereocenters. The normalized spacial score (nSPS) is 15.3. The molecule has 0 aromatic heterocycles. The lowest BCUT2D eigenvalue weighted by Crippen LogP contribution is -2.42. The summed E-state index contributed by atoms with van der Waals surface area (Å²) in [5, 5.41) is 9.99. The molecule has 0 amide bonds. The molecule has 0 saturated heterocycles. The van der Waals surface area contributed by atoms with Crippen molar-refractivity contribution in [2.45, 2.75) is 46.1 Å². The van der Waals surface area contributed by atoms with Gasteiger partial charge in [-0.1, -0.05) is 13.8 Å². The summed E-state index contributed by atoms with van der Waals surface area (Å²) < 4.78 is 30.3.